The highest BCUT2D eigenvalue weighted by Crippen LogP contribution is 2.53. The van der Waals surface area contributed by atoms with E-state index < -0.39 is 5.41 Å². The first-order valence-corrected chi connectivity index (χ1v) is 11.1. The minimum Gasteiger partial charge on any atom is -0.381 e. The van der Waals surface area contributed by atoms with E-state index in [0.29, 0.717) is 26.1 Å². The molecule has 5 nitrogen and oxygen atoms in total. The van der Waals surface area contributed by atoms with Crippen LogP contribution < -0.4 is 5.73 Å². The second-order valence-electron chi connectivity index (χ2n) is 8.44. The topological polar surface area (TPSA) is 69.6 Å². The second kappa shape index (κ2) is 7.29. The highest BCUT2D eigenvalue weighted by Gasteiger charge is 2.52. The summed E-state index contributed by atoms with van der Waals surface area (Å²) in [7, 11) is 0. The molecule has 1 unspecified atom stereocenters. The maximum absolute atomic E-state index is 12.6. The first kappa shape index (κ1) is 19.4. The summed E-state index contributed by atoms with van der Waals surface area (Å²) in [5.41, 5.74) is 7.18. The predicted molar refractivity (Wildman–Crippen MR) is 120 cm³/mol. The molecule has 2 aliphatic rings. The standard InChI is InChI=1S/C24H25N3O2S/c1-23(24(22(25)28)9-13-29-14-10-24)8-2-3-19(16-23)30-18-5-6-20-17(15-18)4-7-21-26-11-12-27(20)21/h2-7,11-12,15-16H,8-10,13-14H2,1H3,(H2,25,28). The van der Waals surface area contributed by atoms with Crippen molar-refractivity contribution in [2.24, 2.45) is 16.6 Å². The van der Waals surface area contributed by atoms with Gasteiger partial charge in [0.05, 0.1) is 10.9 Å². The minimum atomic E-state index is -0.557. The zero-order valence-corrected chi connectivity index (χ0v) is 17.8. The Morgan fingerprint density at radius 2 is 2.07 bits per heavy atom. The molecule has 0 spiro atoms. The molecule has 3 aromatic rings. The number of primary amides is 1. The van der Waals surface area contributed by atoms with Crippen molar-refractivity contribution < 1.29 is 9.53 Å². The molecular weight excluding hydrogens is 394 g/mol. The smallest absolute Gasteiger partial charge is 0.224 e. The predicted octanol–water partition coefficient (Wildman–Crippen LogP) is 4.71. The van der Waals surface area contributed by atoms with Crippen LogP contribution in [0.5, 0.6) is 0 Å². The second-order valence-corrected chi connectivity index (χ2v) is 9.59. The molecule has 30 heavy (non-hydrogen) atoms. The van der Waals surface area contributed by atoms with Crippen LogP contribution in [0.2, 0.25) is 0 Å². The third kappa shape index (κ3) is 3.06. The molecule has 2 aromatic heterocycles. The fourth-order valence-electron chi connectivity index (χ4n) is 4.95. The lowest BCUT2D eigenvalue weighted by Crippen LogP contribution is -2.52. The zero-order valence-electron chi connectivity index (χ0n) is 17.0. The van der Waals surface area contributed by atoms with Gasteiger partial charge in [0.2, 0.25) is 5.91 Å². The number of carbonyl (C=O) groups excluding carboxylic acids is 1. The number of hydrogen-bond donors (Lipinski definition) is 1. The van der Waals surface area contributed by atoms with Gasteiger partial charge in [-0.3, -0.25) is 9.20 Å². The number of nitrogens with two attached hydrogens (primary N) is 1. The van der Waals surface area contributed by atoms with Gasteiger partial charge < -0.3 is 10.5 Å². The molecule has 2 N–H and O–H groups in total. The van der Waals surface area contributed by atoms with Crippen molar-refractivity contribution in [2.45, 2.75) is 31.1 Å². The van der Waals surface area contributed by atoms with Crippen LogP contribution in [0.4, 0.5) is 0 Å². The number of imidazole rings is 1. The Bertz CT molecular complexity index is 1190. The Hall–Kier alpha value is -2.57. The summed E-state index contributed by atoms with van der Waals surface area (Å²) in [4.78, 5) is 19.3. The largest absolute Gasteiger partial charge is 0.381 e. The van der Waals surface area contributed by atoms with Crippen molar-refractivity contribution in [2.75, 3.05) is 13.2 Å². The van der Waals surface area contributed by atoms with E-state index in [2.05, 4.69) is 58.8 Å². The first-order chi connectivity index (χ1) is 14.5. The number of carbonyl (C=O) groups is 1. The molecule has 3 heterocycles. The molecule has 1 amide bonds. The van der Waals surface area contributed by atoms with Crippen LogP contribution >= 0.6 is 11.8 Å². The lowest BCUT2D eigenvalue weighted by atomic mass is 9.57. The van der Waals surface area contributed by atoms with Gasteiger partial charge in [-0.25, -0.2) is 4.98 Å². The van der Waals surface area contributed by atoms with Gasteiger partial charge in [-0.15, -0.1) is 0 Å². The van der Waals surface area contributed by atoms with Crippen molar-refractivity contribution in [3.63, 3.8) is 0 Å². The monoisotopic (exact) mass is 419 g/mol. The van der Waals surface area contributed by atoms with E-state index >= 15 is 0 Å². The fraction of sp³-hybridized carbons (Fsp3) is 0.333. The number of aromatic nitrogens is 2. The molecule has 1 saturated heterocycles. The van der Waals surface area contributed by atoms with Crippen LogP contribution in [0.25, 0.3) is 16.6 Å². The van der Waals surface area contributed by atoms with Crippen LogP contribution in [-0.4, -0.2) is 28.5 Å². The van der Waals surface area contributed by atoms with E-state index in [0.717, 1.165) is 22.5 Å². The number of ether oxygens (including phenoxy) is 1. The summed E-state index contributed by atoms with van der Waals surface area (Å²) in [6.45, 7) is 3.35. The van der Waals surface area contributed by atoms with Crippen molar-refractivity contribution in [1.29, 1.82) is 0 Å². The summed E-state index contributed by atoms with van der Waals surface area (Å²) in [6, 6.07) is 10.6. The molecule has 1 aliphatic heterocycles. The van der Waals surface area contributed by atoms with E-state index in [4.69, 9.17) is 10.5 Å². The fourth-order valence-corrected chi connectivity index (χ4v) is 6.03. The summed E-state index contributed by atoms with van der Waals surface area (Å²) < 4.78 is 7.64. The quantitative estimate of drug-likeness (QED) is 0.665. The molecule has 154 valence electrons. The molecular formula is C24H25N3O2S. The van der Waals surface area contributed by atoms with Gasteiger partial charge >= 0.3 is 0 Å². The zero-order chi connectivity index (χ0) is 20.8. The highest BCUT2D eigenvalue weighted by atomic mass is 32.2. The summed E-state index contributed by atoms with van der Waals surface area (Å²) >= 11 is 1.73. The van der Waals surface area contributed by atoms with Gasteiger partial charge in [-0.2, -0.15) is 0 Å². The maximum atomic E-state index is 12.6. The molecule has 1 fully saturated rings. The van der Waals surface area contributed by atoms with Crippen LogP contribution in [0.3, 0.4) is 0 Å². The SMILES string of the molecule is CC1(C2(C(N)=O)CCOCC2)C=C(Sc2ccc3c(ccc4nccn43)c2)C=CC1. The number of nitrogens with zero attached hydrogens (tertiary/aromatic N) is 2. The van der Waals surface area contributed by atoms with Gasteiger partial charge in [-0.1, -0.05) is 36.9 Å². The molecule has 0 saturated carbocycles. The third-order valence-corrected chi connectivity index (χ3v) is 7.75. The number of hydrogen-bond acceptors (Lipinski definition) is 4. The number of allylic oxidation sites excluding steroid dienone is 3. The van der Waals surface area contributed by atoms with Crippen LogP contribution in [0.1, 0.15) is 26.2 Å². The number of amides is 1. The summed E-state index contributed by atoms with van der Waals surface area (Å²) in [5, 5.41) is 1.17. The lowest BCUT2D eigenvalue weighted by Gasteiger charge is -2.48. The molecule has 1 atom stereocenters. The van der Waals surface area contributed by atoms with Crippen molar-refractivity contribution >= 4 is 34.2 Å². The molecule has 0 bridgehead atoms. The number of pyridine rings is 1. The van der Waals surface area contributed by atoms with Gasteiger partial charge in [0.25, 0.3) is 0 Å². The summed E-state index contributed by atoms with van der Waals surface area (Å²) in [6.07, 6.45) is 12.6. The van der Waals surface area contributed by atoms with E-state index in [1.54, 1.807) is 11.8 Å². The Labute approximate surface area is 180 Å². The molecule has 1 aromatic carbocycles. The average molecular weight is 420 g/mol. The van der Waals surface area contributed by atoms with Gasteiger partial charge in [0, 0.05) is 40.8 Å². The van der Waals surface area contributed by atoms with Crippen LogP contribution in [0, 0.1) is 10.8 Å². The average Bonchev–Trinajstić information content (AvgIpc) is 3.23. The first-order valence-electron chi connectivity index (χ1n) is 10.3. The Morgan fingerprint density at radius 3 is 2.87 bits per heavy atom. The van der Waals surface area contributed by atoms with Crippen LogP contribution in [-0.2, 0) is 9.53 Å². The Balaban J connectivity index is 1.48. The van der Waals surface area contributed by atoms with E-state index in [9.17, 15) is 4.79 Å². The minimum absolute atomic E-state index is 0.209. The highest BCUT2D eigenvalue weighted by molar-refractivity contribution is 8.03. The lowest BCUT2D eigenvalue weighted by molar-refractivity contribution is -0.142. The van der Waals surface area contributed by atoms with Crippen LogP contribution in [0.15, 0.2) is 70.8 Å². The summed E-state index contributed by atoms with van der Waals surface area (Å²) in [5.74, 6) is -0.209. The van der Waals surface area contributed by atoms with E-state index in [-0.39, 0.29) is 11.3 Å². The molecule has 0 radical (unpaired) electrons. The maximum Gasteiger partial charge on any atom is 0.224 e. The number of rotatable bonds is 4. The Kier molecular flexibility index (Phi) is 4.71. The normalized spacial score (nSPS) is 23.6. The van der Waals surface area contributed by atoms with Crippen molar-refractivity contribution in [1.82, 2.24) is 9.38 Å². The van der Waals surface area contributed by atoms with Crippen molar-refractivity contribution in [3.8, 4) is 0 Å². The van der Waals surface area contributed by atoms with Gasteiger partial charge in [-0.05, 0) is 55.0 Å². The number of benzene rings is 1. The van der Waals surface area contributed by atoms with E-state index in [1.165, 1.54) is 10.3 Å². The molecule has 5 rings (SSSR count). The number of thioether (sulfide) groups is 1. The molecule has 6 heteroatoms. The van der Waals surface area contributed by atoms with Crippen molar-refractivity contribution in [3.05, 3.63) is 65.9 Å². The number of fused-ring (bicyclic) bond motifs is 3. The van der Waals surface area contributed by atoms with Gasteiger partial charge in [0.15, 0.2) is 0 Å². The Morgan fingerprint density at radius 1 is 1.23 bits per heavy atom. The molecule has 1 aliphatic carbocycles. The third-order valence-electron chi connectivity index (χ3n) is 6.77. The van der Waals surface area contributed by atoms with Gasteiger partial charge in [0.1, 0.15) is 5.65 Å². The van der Waals surface area contributed by atoms with E-state index in [1.807, 2.05) is 18.5 Å².